The summed E-state index contributed by atoms with van der Waals surface area (Å²) in [5, 5.41) is 10.1. The molecule has 1 aliphatic rings. The number of carboxylic acid groups (broad SMARTS) is 1. The lowest BCUT2D eigenvalue weighted by Gasteiger charge is -2.26. The third-order valence-electron chi connectivity index (χ3n) is 6.35. The second-order valence-electron chi connectivity index (χ2n) is 9.53. The van der Waals surface area contributed by atoms with E-state index in [-0.39, 0.29) is 43.1 Å². The van der Waals surface area contributed by atoms with Crippen molar-refractivity contribution < 1.29 is 29.0 Å². The number of aryl methyl sites for hydroxylation is 1. The lowest BCUT2D eigenvalue weighted by molar-refractivity contribution is -0.150. The van der Waals surface area contributed by atoms with Crippen LogP contribution in [-0.2, 0) is 36.8 Å². The molecule has 1 heterocycles. The first-order valence-corrected chi connectivity index (χ1v) is 14.3. The van der Waals surface area contributed by atoms with E-state index in [0.29, 0.717) is 17.2 Å². The van der Waals surface area contributed by atoms with Gasteiger partial charge in [-0.05, 0) is 57.6 Å². The van der Waals surface area contributed by atoms with Crippen molar-refractivity contribution in [1.29, 1.82) is 0 Å². The fourth-order valence-electron chi connectivity index (χ4n) is 4.29. The molecule has 2 aromatic rings. The minimum atomic E-state index is -1.23. The second-order valence-corrected chi connectivity index (χ2v) is 11.1. The van der Waals surface area contributed by atoms with Gasteiger partial charge in [-0.2, -0.15) is 0 Å². The average molecular weight is 582 g/mol. The maximum atomic E-state index is 13.0. The van der Waals surface area contributed by atoms with E-state index in [1.807, 2.05) is 56.3 Å². The molecule has 0 saturated carbocycles. The molecule has 0 radical (unpaired) electrons. The number of ether oxygens (including phenoxy) is 1. The Morgan fingerprint density at radius 2 is 1.90 bits per heavy atom. The predicted molar refractivity (Wildman–Crippen MR) is 159 cm³/mol. The SMILES string of the molecule is C=c1cc(C)c(CC(=O)Cl)c/c1=C/C=C1\CSC(C(CC(=O)Cc2ccccc2)C(=O)OCCC)N=C1C(=O)O. The highest BCUT2D eigenvalue weighted by atomic mass is 35.5. The summed E-state index contributed by atoms with van der Waals surface area (Å²) in [5.74, 6) is -2.58. The van der Waals surface area contributed by atoms with Crippen LogP contribution in [0.3, 0.4) is 0 Å². The van der Waals surface area contributed by atoms with Gasteiger partial charge in [0.2, 0.25) is 5.24 Å². The number of ketones is 1. The molecule has 9 heteroatoms. The maximum absolute atomic E-state index is 13.0. The van der Waals surface area contributed by atoms with E-state index in [9.17, 15) is 24.3 Å². The Morgan fingerprint density at radius 3 is 2.55 bits per heavy atom. The molecule has 7 nitrogen and oxygen atoms in total. The number of thioether (sulfide) groups is 1. The summed E-state index contributed by atoms with van der Waals surface area (Å²) in [6.45, 7) is 7.98. The van der Waals surface area contributed by atoms with Crippen LogP contribution in [0.15, 0.2) is 59.1 Å². The summed E-state index contributed by atoms with van der Waals surface area (Å²) in [6.07, 6.45) is 4.14. The molecule has 40 heavy (non-hydrogen) atoms. The number of halogens is 1. The minimum Gasteiger partial charge on any atom is -0.477 e. The van der Waals surface area contributed by atoms with Crippen LogP contribution in [0.2, 0.25) is 0 Å². The van der Waals surface area contributed by atoms with Crippen molar-refractivity contribution in [3.63, 3.8) is 0 Å². The van der Waals surface area contributed by atoms with Gasteiger partial charge in [-0.1, -0.05) is 68.1 Å². The molecule has 2 atom stereocenters. The van der Waals surface area contributed by atoms with E-state index < -0.39 is 28.5 Å². The van der Waals surface area contributed by atoms with Crippen molar-refractivity contribution >= 4 is 64.7 Å². The van der Waals surface area contributed by atoms with Crippen LogP contribution in [-0.4, -0.2) is 51.5 Å². The third-order valence-corrected chi connectivity index (χ3v) is 7.74. The fraction of sp³-hybridized carbons (Fsp3) is 0.323. The predicted octanol–water partition coefficient (Wildman–Crippen LogP) is 3.79. The molecular formula is C31H32ClNO6S. The molecule has 3 rings (SSSR count). The molecule has 0 aliphatic carbocycles. The normalized spacial score (nSPS) is 17.3. The van der Waals surface area contributed by atoms with E-state index in [1.165, 1.54) is 11.8 Å². The zero-order valence-corrected chi connectivity index (χ0v) is 24.1. The van der Waals surface area contributed by atoms with E-state index in [2.05, 4.69) is 11.6 Å². The number of nitrogens with zero attached hydrogens (tertiary/aromatic N) is 1. The third kappa shape index (κ3) is 8.76. The number of rotatable bonds is 12. The summed E-state index contributed by atoms with van der Waals surface area (Å²) in [4.78, 5) is 53.9. The molecule has 1 N–H and O–H groups in total. The molecule has 0 amide bonds. The van der Waals surface area contributed by atoms with Crippen molar-refractivity contribution in [3.8, 4) is 0 Å². The van der Waals surface area contributed by atoms with Gasteiger partial charge in [-0.25, -0.2) is 4.79 Å². The molecule has 2 aromatic carbocycles. The molecular weight excluding hydrogens is 550 g/mol. The molecule has 0 fully saturated rings. The van der Waals surface area contributed by atoms with Crippen LogP contribution in [0.5, 0.6) is 0 Å². The first-order chi connectivity index (χ1) is 19.1. The van der Waals surface area contributed by atoms with Crippen LogP contribution >= 0.6 is 23.4 Å². The van der Waals surface area contributed by atoms with Crippen LogP contribution in [0.4, 0.5) is 0 Å². The fourth-order valence-corrected chi connectivity index (χ4v) is 5.63. The van der Waals surface area contributed by atoms with Crippen LogP contribution in [0, 0.1) is 12.8 Å². The average Bonchev–Trinajstić information content (AvgIpc) is 2.91. The Labute approximate surface area is 242 Å². The quantitative estimate of drug-likeness (QED) is 0.300. The Hall–Kier alpha value is -3.49. The Kier molecular flexibility index (Phi) is 11.5. The van der Waals surface area contributed by atoms with Crippen molar-refractivity contribution in [2.75, 3.05) is 12.4 Å². The largest absolute Gasteiger partial charge is 0.477 e. The standard InChI is InChI=1S/C31H32ClNO6S/c1-4-12-39-31(38)26(17-25(34)14-21-8-6-5-7-9-21)29-33-28(30(36)37)23(18-40-29)11-10-22-15-24(16-27(32)35)20(3)13-19(22)2/h5-11,13,15,26,29H,2,4,12,14,16-18H2,1,3H3,(H,36,37)/b22-10-,23-11+. The van der Waals surface area contributed by atoms with Gasteiger partial charge < -0.3 is 9.84 Å². The lowest BCUT2D eigenvalue weighted by Crippen LogP contribution is -2.34. The van der Waals surface area contributed by atoms with Crippen LogP contribution < -0.4 is 10.4 Å². The monoisotopic (exact) mass is 581 g/mol. The highest BCUT2D eigenvalue weighted by molar-refractivity contribution is 8.00. The van der Waals surface area contributed by atoms with Gasteiger partial charge >= 0.3 is 11.9 Å². The number of esters is 1. The lowest BCUT2D eigenvalue weighted by atomic mass is 9.97. The van der Waals surface area contributed by atoms with Crippen LogP contribution in [0.25, 0.3) is 12.7 Å². The smallest absolute Gasteiger partial charge is 0.354 e. The van der Waals surface area contributed by atoms with Crippen molar-refractivity contribution in [2.24, 2.45) is 10.9 Å². The number of allylic oxidation sites excluding steroid dienone is 1. The highest BCUT2D eigenvalue weighted by Gasteiger charge is 2.36. The van der Waals surface area contributed by atoms with Gasteiger partial charge in [0, 0.05) is 25.0 Å². The number of carbonyl (C=O) groups is 4. The van der Waals surface area contributed by atoms with E-state index in [4.69, 9.17) is 16.3 Å². The number of aliphatic carboxylic acids is 1. The number of hydrogen-bond acceptors (Lipinski definition) is 7. The molecule has 1 aliphatic heterocycles. The summed E-state index contributed by atoms with van der Waals surface area (Å²) in [5.41, 5.74) is 2.77. The van der Waals surface area contributed by atoms with E-state index >= 15 is 0 Å². The van der Waals surface area contributed by atoms with Gasteiger partial charge in [0.15, 0.2) is 0 Å². The van der Waals surface area contributed by atoms with Crippen LogP contribution in [0.1, 0.15) is 36.5 Å². The highest BCUT2D eigenvalue weighted by Crippen LogP contribution is 2.32. The number of Topliss-reactive ketones (excluding diaryl/α,β-unsaturated/α-hetero) is 1. The number of benzene rings is 2. The topological polar surface area (TPSA) is 110 Å². The van der Waals surface area contributed by atoms with Gasteiger partial charge in [-0.3, -0.25) is 19.4 Å². The van der Waals surface area contributed by atoms with Crippen molar-refractivity contribution in [3.05, 3.63) is 81.2 Å². The molecule has 2 unspecified atom stereocenters. The summed E-state index contributed by atoms with van der Waals surface area (Å²) < 4.78 is 5.36. The number of aliphatic imine (C=N–C) groups is 1. The number of carboxylic acids is 1. The summed E-state index contributed by atoms with van der Waals surface area (Å²) in [6, 6.07) is 12.9. The zero-order valence-electron chi connectivity index (χ0n) is 22.5. The number of carbonyl (C=O) groups excluding carboxylic acids is 3. The second kappa shape index (κ2) is 14.8. The molecule has 0 saturated heterocycles. The van der Waals surface area contributed by atoms with Crippen molar-refractivity contribution in [2.45, 2.75) is 44.9 Å². The summed E-state index contributed by atoms with van der Waals surface area (Å²) in [7, 11) is 0. The Morgan fingerprint density at radius 1 is 1.18 bits per heavy atom. The molecule has 0 aromatic heterocycles. The first kappa shape index (κ1) is 31.0. The van der Waals surface area contributed by atoms with E-state index in [1.54, 1.807) is 12.2 Å². The Balaban J connectivity index is 1.92. The molecule has 0 bridgehead atoms. The van der Waals surface area contributed by atoms with Gasteiger partial charge in [0.25, 0.3) is 0 Å². The van der Waals surface area contributed by atoms with Gasteiger partial charge in [-0.15, -0.1) is 11.8 Å². The van der Waals surface area contributed by atoms with Gasteiger partial charge in [0.1, 0.15) is 16.9 Å². The minimum absolute atomic E-state index is 0.0724. The first-order valence-electron chi connectivity index (χ1n) is 12.9. The Bertz CT molecular complexity index is 1450. The zero-order chi connectivity index (χ0) is 29.2. The van der Waals surface area contributed by atoms with Gasteiger partial charge in [0.05, 0.1) is 12.5 Å². The number of hydrogen-bond donors (Lipinski definition) is 1. The molecule has 0 spiro atoms. The maximum Gasteiger partial charge on any atom is 0.354 e. The van der Waals surface area contributed by atoms with Crippen molar-refractivity contribution in [1.82, 2.24) is 0 Å². The summed E-state index contributed by atoms with van der Waals surface area (Å²) >= 11 is 6.87. The van der Waals surface area contributed by atoms with E-state index in [0.717, 1.165) is 21.9 Å². The molecule has 210 valence electrons.